The van der Waals surface area contributed by atoms with Crippen LogP contribution in [0.25, 0.3) is 6.08 Å². The molecule has 3 aromatic rings. The lowest BCUT2D eigenvalue weighted by Crippen LogP contribution is -2.30. The molecule has 0 spiro atoms. The number of benzene rings is 1. The van der Waals surface area contributed by atoms with Gasteiger partial charge in [-0.05, 0) is 28.0 Å². The van der Waals surface area contributed by atoms with E-state index in [-0.39, 0.29) is 11.3 Å². The van der Waals surface area contributed by atoms with Gasteiger partial charge in [-0.2, -0.15) is 16.4 Å². The SMILES string of the molecule is CON(C)C(=O)c1n[nH]c2c1C=CC(c1ccccc1)(c1ccsc1)C2. The summed E-state index contributed by atoms with van der Waals surface area (Å²) in [5.41, 5.74) is 4.36. The van der Waals surface area contributed by atoms with Crippen LogP contribution in [-0.4, -0.2) is 35.3 Å². The molecular formula is C20H19N3O2S. The van der Waals surface area contributed by atoms with E-state index in [1.165, 1.54) is 23.3 Å². The first-order valence-corrected chi connectivity index (χ1v) is 9.27. The number of nitrogens with one attached hydrogen (secondary N) is 1. The van der Waals surface area contributed by atoms with E-state index in [2.05, 4.69) is 57.4 Å². The topological polar surface area (TPSA) is 58.2 Å². The monoisotopic (exact) mass is 365 g/mol. The molecular weight excluding hydrogens is 346 g/mol. The van der Waals surface area contributed by atoms with E-state index < -0.39 is 0 Å². The Kier molecular flexibility index (Phi) is 4.22. The Hall–Kier alpha value is -2.70. The van der Waals surface area contributed by atoms with Crippen molar-refractivity contribution in [2.45, 2.75) is 11.8 Å². The van der Waals surface area contributed by atoms with Gasteiger partial charge in [0.25, 0.3) is 5.91 Å². The molecule has 132 valence electrons. The molecule has 1 amide bonds. The lowest BCUT2D eigenvalue weighted by atomic mass is 9.69. The standard InChI is InChI=1S/C20H19N3O2S/c1-23(25-2)19(24)18-16-8-10-20(12-17(16)21-22-18,15-9-11-26-13-15)14-6-4-3-5-7-14/h3-11,13H,12H2,1-2H3,(H,21,22). The maximum absolute atomic E-state index is 12.5. The van der Waals surface area contributed by atoms with Gasteiger partial charge in [0.2, 0.25) is 0 Å². The van der Waals surface area contributed by atoms with Crippen LogP contribution in [0.3, 0.4) is 0 Å². The van der Waals surface area contributed by atoms with Crippen molar-refractivity contribution >= 4 is 23.3 Å². The summed E-state index contributed by atoms with van der Waals surface area (Å²) in [5, 5.41) is 12.8. The smallest absolute Gasteiger partial charge is 0.281 e. The molecule has 1 unspecified atom stereocenters. The van der Waals surface area contributed by atoms with E-state index >= 15 is 0 Å². The maximum Gasteiger partial charge on any atom is 0.298 e. The largest absolute Gasteiger partial charge is 0.298 e. The van der Waals surface area contributed by atoms with Gasteiger partial charge < -0.3 is 0 Å². The van der Waals surface area contributed by atoms with Gasteiger partial charge in [0, 0.05) is 30.1 Å². The average Bonchev–Trinajstić information content (AvgIpc) is 3.37. The van der Waals surface area contributed by atoms with Gasteiger partial charge in [0.05, 0.1) is 7.11 Å². The quantitative estimate of drug-likeness (QED) is 0.718. The van der Waals surface area contributed by atoms with Gasteiger partial charge in [0.1, 0.15) is 0 Å². The van der Waals surface area contributed by atoms with E-state index in [1.807, 2.05) is 12.1 Å². The predicted molar refractivity (Wildman–Crippen MR) is 102 cm³/mol. The first kappa shape index (κ1) is 16.8. The van der Waals surface area contributed by atoms with Crippen LogP contribution in [0.1, 0.15) is 32.9 Å². The number of thiophene rings is 1. The number of aromatic nitrogens is 2. The highest BCUT2D eigenvalue weighted by Gasteiger charge is 2.37. The molecule has 0 bridgehead atoms. The second-order valence-corrected chi connectivity index (χ2v) is 7.09. The lowest BCUT2D eigenvalue weighted by Gasteiger charge is -2.33. The minimum Gasteiger partial charge on any atom is -0.281 e. The number of allylic oxidation sites excluding steroid dienone is 1. The summed E-state index contributed by atoms with van der Waals surface area (Å²) >= 11 is 1.69. The third-order valence-electron chi connectivity index (χ3n) is 4.96. The van der Waals surface area contributed by atoms with Gasteiger partial charge >= 0.3 is 0 Å². The number of H-pyrrole nitrogens is 1. The van der Waals surface area contributed by atoms with Crippen molar-refractivity contribution in [3.8, 4) is 0 Å². The Morgan fingerprint density at radius 3 is 2.77 bits per heavy atom. The summed E-state index contributed by atoms with van der Waals surface area (Å²) in [6.07, 6.45) is 4.91. The predicted octanol–water partition coefficient (Wildman–Crippen LogP) is 3.66. The number of aromatic amines is 1. The minimum absolute atomic E-state index is 0.266. The first-order valence-electron chi connectivity index (χ1n) is 8.32. The van der Waals surface area contributed by atoms with Gasteiger partial charge in [0.15, 0.2) is 5.69 Å². The van der Waals surface area contributed by atoms with Crippen LogP contribution >= 0.6 is 11.3 Å². The number of hydrogen-bond donors (Lipinski definition) is 1. The van der Waals surface area contributed by atoms with Gasteiger partial charge in [-0.25, -0.2) is 5.06 Å². The third kappa shape index (κ3) is 2.58. The number of hydrogen-bond acceptors (Lipinski definition) is 4. The van der Waals surface area contributed by atoms with Gasteiger partial charge in [-0.15, -0.1) is 0 Å². The van der Waals surface area contributed by atoms with Crippen molar-refractivity contribution < 1.29 is 9.63 Å². The molecule has 6 heteroatoms. The van der Waals surface area contributed by atoms with E-state index in [1.54, 1.807) is 18.4 Å². The van der Waals surface area contributed by atoms with Crippen LogP contribution in [0.4, 0.5) is 0 Å². The summed E-state index contributed by atoms with van der Waals surface area (Å²) in [6, 6.07) is 12.6. The van der Waals surface area contributed by atoms with E-state index in [0.717, 1.165) is 17.7 Å². The number of carbonyl (C=O) groups excluding carboxylic acids is 1. The Morgan fingerprint density at radius 1 is 1.27 bits per heavy atom. The fourth-order valence-corrected chi connectivity index (χ4v) is 4.22. The Morgan fingerprint density at radius 2 is 2.08 bits per heavy atom. The van der Waals surface area contributed by atoms with Crippen LogP contribution in [0.15, 0.2) is 53.2 Å². The molecule has 0 fully saturated rings. The number of hydroxylamine groups is 2. The second-order valence-electron chi connectivity index (χ2n) is 6.31. The second kappa shape index (κ2) is 6.55. The number of carbonyl (C=O) groups is 1. The third-order valence-corrected chi connectivity index (χ3v) is 5.64. The van der Waals surface area contributed by atoms with Crippen LogP contribution < -0.4 is 0 Å². The van der Waals surface area contributed by atoms with E-state index in [4.69, 9.17) is 4.84 Å². The summed E-state index contributed by atoms with van der Waals surface area (Å²) in [6.45, 7) is 0. The van der Waals surface area contributed by atoms with E-state index in [9.17, 15) is 4.79 Å². The molecule has 2 aromatic heterocycles. The van der Waals surface area contributed by atoms with Crippen LogP contribution in [0.5, 0.6) is 0 Å². The fraction of sp³-hybridized carbons (Fsp3) is 0.200. The molecule has 1 N–H and O–H groups in total. The van der Waals surface area contributed by atoms with Crippen molar-refractivity contribution in [3.05, 3.63) is 81.3 Å². The molecule has 0 saturated carbocycles. The summed E-state index contributed by atoms with van der Waals surface area (Å²) in [4.78, 5) is 17.5. The highest BCUT2D eigenvalue weighted by atomic mass is 32.1. The van der Waals surface area contributed by atoms with Crippen LogP contribution in [0, 0.1) is 0 Å². The number of nitrogens with zero attached hydrogens (tertiary/aromatic N) is 2. The highest BCUT2D eigenvalue weighted by molar-refractivity contribution is 7.08. The summed E-state index contributed by atoms with van der Waals surface area (Å²) < 4.78 is 0. The maximum atomic E-state index is 12.5. The summed E-state index contributed by atoms with van der Waals surface area (Å²) in [5.74, 6) is -0.266. The molecule has 1 atom stereocenters. The van der Waals surface area contributed by atoms with Crippen molar-refractivity contribution in [2.75, 3.05) is 14.2 Å². The Labute approximate surface area is 155 Å². The molecule has 0 aliphatic heterocycles. The number of fused-ring (bicyclic) bond motifs is 1. The molecule has 1 aliphatic rings. The molecule has 26 heavy (non-hydrogen) atoms. The molecule has 0 radical (unpaired) electrons. The number of amides is 1. The van der Waals surface area contributed by atoms with Crippen molar-refractivity contribution in [1.29, 1.82) is 0 Å². The van der Waals surface area contributed by atoms with Crippen molar-refractivity contribution in [3.63, 3.8) is 0 Å². The Bertz CT molecular complexity index is 947. The van der Waals surface area contributed by atoms with Crippen LogP contribution in [0.2, 0.25) is 0 Å². The molecule has 0 saturated heterocycles. The number of rotatable bonds is 4. The first-order chi connectivity index (χ1) is 12.7. The zero-order valence-corrected chi connectivity index (χ0v) is 15.4. The molecule has 1 aliphatic carbocycles. The normalized spacial score (nSPS) is 18.5. The Balaban J connectivity index is 1.80. The molecule has 2 heterocycles. The highest BCUT2D eigenvalue weighted by Crippen LogP contribution is 2.42. The van der Waals surface area contributed by atoms with Gasteiger partial charge in [-0.3, -0.25) is 14.7 Å². The molecule has 5 nitrogen and oxygen atoms in total. The average molecular weight is 365 g/mol. The fourth-order valence-electron chi connectivity index (χ4n) is 3.48. The summed E-state index contributed by atoms with van der Waals surface area (Å²) in [7, 11) is 3.04. The minimum atomic E-state index is -0.270. The van der Waals surface area contributed by atoms with Gasteiger partial charge in [-0.1, -0.05) is 42.5 Å². The lowest BCUT2D eigenvalue weighted by molar-refractivity contribution is -0.0760. The zero-order chi connectivity index (χ0) is 18.1. The van der Waals surface area contributed by atoms with Crippen molar-refractivity contribution in [1.82, 2.24) is 15.3 Å². The molecule has 1 aromatic carbocycles. The molecule has 4 rings (SSSR count). The van der Waals surface area contributed by atoms with Crippen LogP contribution in [-0.2, 0) is 16.7 Å². The van der Waals surface area contributed by atoms with Crippen molar-refractivity contribution in [2.24, 2.45) is 0 Å². The zero-order valence-electron chi connectivity index (χ0n) is 14.6. The van der Waals surface area contributed by atoms with E-state index in [0.29, 0.717) is 5.69 Å².